The van der Waals surface area contributed by atoms with Crippen molar-refractivity contribution in [3.8, 4) is 0 Å². The van der Waals surface area contributed by atoms with Crippen LogP contribution < -0.4 is 0 Å². The fourth-order valence-corrected chi connectivity index (χ4v) is 2.77. The average molecular weight is 324 g/mol. The average Bonchev–Trinajstić information content (AvgIpc) is 2.53. The van der Waals surface area contributed by atoms with Crippen LogP contribution in [0.1, 0.15) is 24.8 Å². The summed E-state index contributed by atoms with van der Waals surface area (Å²) < 4.78 is 30.7. The zero-order chi connectivity index (χ0) is 16.7. The van der Waals surface area contributed by atoms with Crippen molar-refractivity contribution in [1.82, 2.24) is 4.90 Å². The molecule has 7 heteroatoms. The van der Waals surface area contributed by atoms with E-state index in [4.69, 9.17) is 4.74 Å². The molecule has 1 aromatic rings. The molecule has 0 aliphatic carbocycles. The summed E-state index contributed by atoms with van der Waals surface area (Å²) in [5.41, 5.74) is -0.428. The van der Waals surface area contributed by atoms with Crippen LogP contribution in [0.2, 0.25) is 0 Å². The molecule has 1 aromatic carbocycles. The lowest BCUT2D eigenvalue weighted by Gasteiger charge is -2.38. The summed E-state index contributed by atoms with van der Waals surface area (Å²) in [7, 11) is 0. The van der Waals surface area contributed by atoms with Crippen molar-refractivity contribution >= 4 is 12.2 Å². The second-order valence-corrected chi connectivity index (χ2v) is 5.59. The second kappa shape index (κ2) is 7.83. The first kappa shape index (κ1) is 17.1. The molecule has 0 radical (unpaired) electrons. The molecule has 124 valence electrons. The van der Waals surface area contributed by atoms with Gasteiger partial charge in [0.1, 0.15) is 6.61 Å². The van der Waals surface area contributed by atoms with Crippen molar-refractivity contribution in [2.75, 3.05) is 13.1 Å². The van der Waals surface area contributed by atoms with Gasteiger partial charge in [0.05, 0.1) is 12.1 Å². The number of hydrogen-bond acceptors (Lipinski definition) is 4. The highest BCUT2D eigenvalue weighted by atomic mass is 19.3. The van der Waals surface area contributed by atoms with Gasteiger partial charge in [-0.15, -0.1) is 0 Å². The lowest BCUT2D eigenvalue weighted by atomic mass is 9.87. The van der Waals surface area contributed by atoms with Gasteiger partial charge < -0.3 is 9.64 Å². The standard InChI is InChI=1S/C16H18F2N2O3/c17-14(18)9-16(19-12-21)7-4-8-20(11-16)15(22)23-10-13-5-2-1-3-6-13/h1-3,5-6,14H,4,7-11H2. The molecule has 1 fully saturated rings. The maximum Gasteiger partial charge on any atom is 0.410 e. The Morgan fingerprint density at radius 2 is 2.13 bits per heavy atom. The highest BCUT2D eigenvalue weighted by Gasteiger charge is 2.40. The highest BCUT2D eigenvalue weighted by molar-refractivity contribution is 5.68. The Labute approximate surface area is 132 Å². The van der Waals surface area contributed by atoms with Crippen LogP contribution in [0.15, 0.2) is 35.3 Å². The number of likely N-dealkylation sites (tertiary alicyclic amines) is 1. The minimum Gasteiger partial charge on any atom is -0.445 e. The van der Waals surface area contributed by atoms with Crippen LogP contribution in [0.5, 0.6) is 0 Å². The van der Waals surface area contributed by atoms with Gasteiger partial charge in [-0.05, 0) is 18.4 Å². The van der Waals surface area contributed by atoms with Crippen molar-refractivity contribution in [3.63, 3.8) is 0 Å². The molecule has 1 amide bonds. The quantitative estimate of drug-likeness (QED) is 0.617. The molecular formula is C16H18F2N2O3. The number of halogens is 2. The van der Waals surface area contributed by atoms with E-state index in [0.717, 1.165) is 5.56 Å². The van der Waals surface area contributed by atoms with E-state index in [1.165, 1.54) is 11.0 Å². The number of carbonyl (C=O) groups excluding carboxylic acids is 2. The molecule has 1 unspecified atom stereocenters. The molecule has 1 atom stereocenters. The highest BCUT2D eigenvalue weighted by Crippen LogP contribution is 2.31. The molecule has 0 N–H and O–H groups in total. The maximum atomic E-state index is 12.8. The number of carbonyl (C=O) groups is 1. The van der Waals surface area contributed by atoms with Crippen LogP contribution in [0.3, 0.4) is 0 Å². The fourth-order valence-electron chi connectivity index (χ4n) is 2.77. The Morgan fingerprint density at radius 1 is 1.39 bits per heavy atom. The van der Waals surface area contributed by atoms with Crippen molar-refractivity contribution in [2.45, 2.75) is 37.8 Å². The summed E-state index contributed by atoms with van der Waals surface area (Å²) in [6.07, 6.45) is -1.58. The van der Waals surface area contributed by atoms with Gasteiger partial charge >= 0.3 is 6.09 Å². The van der Waals surface area contributed by atoms with E-state index in [-0.39, 0.29) is 13.2 Å². The summed E-state index contributed by atoms with van der Waals surface area (Å²) in [5.74, 6) is 0. The van der Waals surface area contributed by atoms with Crippen LogP contribution in [0.4, 0.5) is 13.6 Å². The number of aliphatic imine (C=N–C) groups is 1. The van der Waals surface area contributed by atoms with E-state index in [1.807, 2.05) is 30.3 Å². The minimum absolute atomic E-state index is 0.0554. The van der Waals surface area contributed by atoms with E-state index in [9.17, 15) is 18.4 Å². The monoisotopic (exact) mass is 324 g/mol. The Hall–Kier alpha value is -2.27. The molecule has 1 aliphatic heterocycles. The van der Waals surface area contributed by atoms with E-state index >= 15 is 0 Å². The molecule has 0 saturated carbocycles. The van der Waals surface area contributed by atoms with Crippen molar-refractivity contribution in [1.29, 1.82) is 0 Å². The van der Waals surface area contributed by atoms with Gasteiger partial charge in [0.25, 0.3) is 0 Å². The molecular weight excluding hydrogens is 306 g/mol. The van der Waals surface area contributed by atoms with Crippen LogP contribution in [0, 0.1) is 0 Å². The summed E-state index contributed by atoms with van der Waals surface area (Å²) >= 11 is 0. The SMILES string of the molecule is O=C=NC1(CC(F)F)CCCN(C(=O)OCc2ccccc2)C1. The van der Waals surface area contributed by atoms with Gasteiger partial charge in [-0.2, -0.15) is 4.99 Å². The molecule has 23 heavy (non-hydrogen) atoms. The zero-order valence-electron chi connectivity index (χ0n) is 12.6. The number of amides is 1. The van der Waals surface area contributed by atoms with Gasteiger partial charge in [0, 0.05) is 13.0 Å². The molecule has 5 nitrogen and oxygen atoms in total. The van der Waals surface area contributed by atoms with Gasteiger partial charge in [0.15, 0.2) is 0 Å². The number of piperidine rings is 1. The van der Waals surface area contributed by atoms with Gasteiger partial charge in [-0.25, -0.2) is 18.4 Å². The molecule has 1 heterocycles. The van der Waals surface area contributed by atoms with E-state index in [1.54, 1.807) is 0 Å². The summed E-state index contributed by atoms with van der Waals surface area (Å²) in [6, 6.07) is 9.15. The third-order valence-corrected chi connectivity index (χ3v) is 3.84. The number of benzene rings is 1. The molecule has 2 rings (SSSR count). The Bertz CT molecular complexity index is 576. The maximum absolute atomic E-state index is 12.8. The van der Waals surface area contributed by atoms with Gasteiger partial charge in [-0.1, -0.05) is 30.3 Å². The molecule has 0 spiro atoms. The van der Waals surface area contributed by atoms with Crippen molar-refractivity contribution in [3.05, 3.63) is 35.9 Å². The summed E-state index contributed by atoms with van der Waals surface area (Å²) in [5, 5.41) is 0. The van der Waals surface area contributed by atoms with Crippen LogP contribution in [-0.4, -0.2) is 42.1 Å². The van der Waals surface area contributed by atoms with E-state index in [2.05, 4.69) is 4.99 Å². The summed E-state index contributed by atoms with van der Waals surface area (Å²) in [4.78, 5) is 27.6. The van der Waals surface area contributed by atoms with Crippen LogP contribution in [0.25, 0.3) is 0 Å². The van der Waals surface area contributed by atoms with Gasteiger partial charge in [0.2, 0.25) is 12.5 Å². The molecule has 1 saturated heterocycles. The van der Waals surface area contributed by atoms with Gasteiger partial charge in [-0.3, -0.25) is 0 Å². The first-order valence-electron chi connectivity index (χ1n) is 7.37. The van der Waals surface area contributed by atoms with E-state index in [0.29, 0.717) is 19.4 Å². The van der Waals surface area contributed by atoms with E-state index < -0.39 is 24.5 Å². The second-order valence-electron chi connectivity index (χ2n) is 5.59. The van der Waals surface area contributed by atoms with Crippen LogP contribution in [-0.2, 0) is 16.1 Å². The first-order valence-corrected chi connectivity index (χ1v) is 7.37. The number of nitrogens with zero attached hydrogens (tertiary/aromatic N) is 2. The topological polar surface area (TPSA) is 59.0 Å². The fraction of sp³-hybridized carbons (Fsp3) is 0.500. The Kier molecular flexibility index (Phi) is 5.82. The minimum atomic E-state index is -2.60. The Balaban J connectivity index is 1.98. The molecule has 0 bridgehead atoms. The smallest absolute Gasteiger partial charge is 0.410 e. The number of hydrogen-bond donors (Lipinski definition) is 0. The summed E-state index contributed by atoms with van der Waals surface area (Å²) in [6.45, 7) is 0.447. The normalized spacial score (nSPS) is 20.9. The molecule has 1 aliphatic rings. The van der Waals surface area contributed by atoms with Crippen molar-refractivity contribution in [2.24, 2.45) is 4.99 Å². The Morgan fingerprint density at radius 3 is 2.78 bits per heavy atom. The largest absolute Gasteiger partial charge is 0.445 e. The van der Waals surface area contributed by atoms with Crippen LogP contribution >= 0.6 is 0 Å². The number of alkyl halides is 2. The number of rotatable bonds is 5. The van der Waals surface area contributed by atoms with Crippen molar-refractivity contribution < 1.29 is 23.1 Å². The number of ether oxygens (including phenoxy) is 1. The third-order valence-electron chi connectivity index (χ3n) is 3.84. The third kappa shape index (κ3) is 4.86. The molecule has 0 aromatic heterocycles. The predicted octanol–water partition coefficient (Wildman–Crippen LogP) is 3.15. The number of isocyanates is 1. The first-order chi connectivity index (χ1) is 11.0. The lowest BCUT2D eigenvalue weighted by Crippen LogP contribution is -2.50. The predicted molar refractivity (Wildman–Crippen MR) is 78.9 cm³/mol. The lowest BCUT2D eigenvalue weighted by molar-refractivity contribution is 0.0477. The zero-order valence-corrected chi connectivity index (χ0v) is 12.6.